The third-order valence-electron chi connectivity index (χ3n) is 4.77. The van der Waals surface area contributed by atoms with Gasteiger partial charge in [-0.3, -0.25) is 4.79 Å². The van der Waals surface area contributed by atoms with Gasteiger partial charge in [0.15, 0.2) is 5.82 Å². The highest BCUT2D eigenvalue weighted by Gasteiger charge is 2.23. The number of methoxy groups -OCH3 is 1. The van der Waals surface area contributed by atoms with Gasteiger partial charge in [0.25, 0.3) is 5.91 Å². The zero-order valence-electron chi connectivity index (χ0n) is 15.4. The van der Waals surface area contributed by atoms with Crippen LogP contribution in [0.25, 0.3) is 10.9 Å². The van der Waals surface area contributed by atoms with Gasteiger partial charge < -0.3 is 24.7 Å². The standard InChI is InChI=1S/C20H22N4O3/c1-13-11-21-18-17(13)16(20(25)24-6-8-27-9-7-24)12-22-19(18)23-14-4-3-5-15(10-14)26-2/h3-5,10-12,21H,6-9H2,1-2H3,(H,22,23). The Hall–Kier alpha value is -3.06. The number of rotatable bonds is 4. The molecule has 7 nitrogen and oxygen atoms in total. The number of nitrogens with zero attached hydrogens (tertiary/aromatic N) is 2. The third-order valence-corrected chi connectivity index (χ3v) is 4.77. The summed E-state index contributed by atoms with van der Waals surface area (Å²) in [7, 11) is 1.63. The Kier molecular flexibility index (Phi) is 4.68. The molecule has 3 aromatic rings. The fraction of sp³-hybridized carbons (Fsp3) is 0.300. The summed E-state index contributed by atoms with van der Waals surface area (Å²) in [5.74, 6) is 1.43. The van der Waals surface area contributed by atoms with Gasteiger partial charge in [0, 0.05) is 42.6 Å². The number of pyridine rings is 1. The quantitative estimate of drug-likeness (QED) is 0.742. The van der Waals surface area contributed by atoms with Gasteiger partial charge >= 0.3 is 0 Å². The van der Waals surface area contributed by atoms with Crippen LogP contribution in [0.5, 0.6) is 5.75 Å². The molecule has 1 aliphatic heterocycles. The predicted octanol–water partition coefficient (Wildman–Crippen LogP) is 3.10. The van der Waals surface area contributed by atoms with E-state index in [1.807, 2.05) is 42.3 Å². The van der Waals surface area contributed by atoms with E-state index < -0.39 is 0 Å². The molecule has 4 rings (SSSR count). The van der Waals surface area contributed by atoms with Crippen LogP contribution in [0.15, 0.2) is 36.7 Å². The molecule has 3 heterocycles. The average molecular weight is 366 g/mol. The number of amides is 1. The van der Waals surface area contributed by atoms with E-state index >= 15 is 0 Å². The summed E-state index contributed by atoms with van der Waals surface area (Å²) in [6.45, 7) is 4.35. The maximum atomic E-state index is 13.0. The molecule has 1 saturated heterocycles. The van der Waals surface area contributed by atoms with Gasteiger partial charge in [-0.2, -0.15) is 0 Å². The van der Waals surface area contributed by atoms with Crippen molar-refractivity contribution in [3.8, 4) is 5.75 Å². The lowest BCUT2D eigenvalue weighted by Crippen LogP contribution is -2.40. The van der Waals surface area contributed by atoms with E-state index in [9.17, 15) is 4.79 Å². The molecule has 7 heteroatoms. The first kappa shape index (κ1) is 17.4. The number of ether oxygens (including phenoxy) is 2. The van der Waals surface area contributed by atoms with E-state index in [0.29, 0.717) is 37.7 Å². The van der Waals surface area contributed by atoms with Crippen molar-refractivity contribution in [3.05, 3.63) is 47.8 Å². The van der Waals surface area contributed by atoms with Crippen LogP contribution >= 0.6 is 0 Å². The van der Waals surface area contributed by atoms with E-state index in [1.165, 1.54) is 0 Å². The Labute approximate surface area is 157 Å². The SMILES string of the molecule is COc1cccc(Nc2ncc(C(=O)N3CCOCC3)c3c(C)c[nH]c23)c1. The van der Waals surface area contributed by atoms with Crippen molar-refractivity contribution in [2.24, 2.45) is 0 Å². The highest BCUT2D eigenvalue weighted by Crippen LogP contribution is 2.30. The van der Waals surface area contributed by atoms with Crippen molar-refractivity contribution in [1.82, 2.24) is 14.9 Å². The van der Waals surface area contributed by atoms with Crippen LogP contribution < -0.4 is 10.1 Å². The van der Waals surface area contributed by atoms with Crippen LogP contribution in [0.4, 0.5) is 11.5 Å². The van der Waals surface area contributed by atoms with Crippen molar-refractivity contribution >= 4 is 28.3 Å². The fourth-order valence-electron chi connectivity index (χ4n) is 3.35. The minimum atomic E-state index is -0.00793. The van der Waals surface area contributed by atoms with Gasteiger partial charge in [-0.25, -0.2) is 4.98 Å². The lowest BCUT2D eigenvalue weighted by Gasteiger charge is -2.27. The van der Waals surface area contributed by atoms with Crippen LogP contribution in [-0.2, 0) is 4.74 Å². The maximum absolute atomic E-state index is 13.0. The number of benzene rings is 1. The minimum absolute atomic E-state index is 0.00793. The Morgan fingerprint density at radius 2 is 2.15 bits per heavy atom. The second-order valence-corrected chi connectivity index (χ2v) is 6.50. The Morgan fingerprint density at radius 3 is 2.93 bits per heavy atom. The number of carbonyl (C=O) groups is 1. The molecule has 2 aromatic heterocycles. The smallest absolute Gasteiger partial charge is 0.256 e. The Morgan fingerprint density at radius 1 is 1.33 bits per heavy atom. The molecule has 0 aliphatic carbocycles. The molecule has 1 fully saturated rings. The molecule has 0 atom stereocenters. The van der Waals surface area contributed by atoms with Crippen LogP contribution in [0, 0.1) is 6.92 Å². The summed E-state index contributed by atoms with van der Waals surface area (Å²) < 4.78 is 10.6. The van der Waals surface area contributed by atoms with Gasteiger partial charge in [0.05, 0.1) is 31.4 Å². The van der Waals surface area contributed by atoms with Gasteiger partial charge in [-0.1, -0.05) is 6.07 Å². The van der Waals surface area contributed by atoms with Crippen LogP contribution in [-0.4, -0.2) is 54.2 Å². The van der Waals surface area contributed by atoms with Crippen molar-refractivity contribution in [3.63, 3.8) is 0 Å². The normalized spacial score (nSPS) is 14.4. The third kappa shape index (κ3) is 3.33. The molecule has 0 bridgehead atoms. The summed E-state index contributed by atoms with van der Waals surface area (Å²) in [5.41, 5.74) is 3.30. The van der Waals surface area contributed by atoms with E-state index in [0.717, 1.165) is 27.9 Å². The first-order chi connectivity index (χ1) is 13.2. The molecule has 0 saturated carbocycles. The van der Waals surface area contributed by atoms with Crippen molar-refractivity contribution in [2.75, 3.05) is 38.7 Å². The van der Waals surface area contributed by atoms with Gasteiger partial charge in [-0.15, -0.1) is 0 Å². The number of hydrogen-bond acceptors (Lipinski definition) is 5. The second kappa shape index (κ2) is 7.28. The molecular weight excluding hydrogens is 344 g/mol. The molecule has 1 amide bonds. The molecule has 27 heavy (non-hydrogen) atoms. The average Bonchev–Trinajstić information content (AvgIpc) is 3.11. The first-order valence-electron chi connectivity index (χ1n) is 8.92. The number of nitrogens with one attached hydrogen (secondary N) is 2. The van der Waals surface area contributed by atoms with E-state index in [1.54, 1.807) is 13.3 Å². The van der Waals surface area contributed by atoms with Crippen LogP contribution in [0.1, 0.15) is 15.9 Å². The Balaban J connectivity index is 1.71. The number of hydrogen-bond donors (Lipinski definition) is 2. The lowest BCUT2D eigenvalue weighted by atomic mass is 10.1. The molecule has 1 aromatic carbocycles. The molecular formula is C20H22N4O3. The highest BCUT2D eigenvalue weighted by molar-refractivity contribution is 6.10. The predicted molar refractivity (Wildman–Crippen MR) is 104 cm³/mol. The summed E-state index contributed by atoms with van der Waals surface area (Å²) in [6, 6.07) is 7.64. The molecule has 1 aliphatic rings. The fourth-order valence-corrected chi connectivity index (χ4v) is 3.35. The number of aromatic amines is 1. The number of anilines is 2. The summed E-state index contributed by atoms with van der Waals surface area (Å²) in [4.78, 5) is 22.6. The van der Waals surface area contributed by atoms with E-state index in [4.69, 9.17) is 9.47 Å². The number of H-pyrrole nitrogens is 1. The molecule has 0 unspecified atom stereocenters. The topological polar surface area (TPSA) is 79.5 Å². The van der Waals surface area contributed by atoms with Crippen LogP contribution in [0.2, 0.25) is 0 Å². The summed E-state index contributed by atoms with van der Waals surface area (Å²) in [5, 5.41) is 4.21. The molecule has 140 valence electrons. The molecule has 2 N–H and O–H groups in total. The highest BCUT2D eigenvalue weighted by atomic mass is 16.5. The minimum Gasteiger partial charge on any atom is -0.497 e. The van der Waals surface area contributed by atoms with Gasteiger partial charge in [-0.05, 0) is 24.6 Å². The molecule has 0 radical (unpaired) electrons. The van der Waals surface area contributed by atoms with E-state index in [-0.39, 0.29) is 5.91 Å². The van der Waals surface area contributed by atoms with Crippen molar-refractivity contribution in [2.45, 2.75) is 6.92 Å². The number of aryl methyl sites for hydroxylation is 1. The van der Waals surface area contributed by atoms with Gasteiger partial charge in [0.1, 0.15) is 5.75 Å². The largest absolute Gasteiger partial charge is 0.497 e. The van der Waals surface area contributed by atoms with Crippen molar-refractivity contribution in [1.29, 1.82) is 0 Å². The monoisotopic (exact) mass is 366 g/mol. The Bertz CT molecular complexity index is 977. The number of aromatic nitrogens is 2. The summed E-state index contributed by atoms with van der Waals surface area (Å²) >= 11 is 0. The van der Waals surface area contributed by atoms with Crippen LogP contribution in [0.3, 0.4) is 0 Å². The van der Waals surface area contributed by atoms with Gasteiger partial charge in [0.2, 0.25) is 0 Å². The maximum Gasteiger partial charge on any atom is 0.256 e. The zero-order chi connectivity index (χ0) is 18.8. The van der Waals surface area contributed by atoms with Crippen molar-refractivity contribution < 1.29 is 14.3 Å². The number of fused-ring (bicyclic) bond motifs is 1. The number of carbonyl (C=O) groups excluding carboxylic acids is 1. The molecule has 0 spiro atoms. The summed E-state index contributed by atoms with van der Waals surface area (Å²) in [6.07, 6.45) is 3.56. The lowest BCUT2D eigenvalue weighted by molar-refractivity contribution is 0.0304. The first-order valence-corrected chi connectivity index (χ1v) is 8.92. The number of morpholine rings is 1. The van der Waals surface area contributed by atoms with E-state index in [2.05, 4.69) is 15.3 Å². The second-order valence-electron chi connectivity index (χ2n) is 6.50. The zero-order valence-corrected chi connectivity index (χ0v) is 15.4.